The molecule has 0 unspecified atom stereocenters. The van der Waals surface area contributed by atoms with Crippen molar-refractivity contribution in [3.63, 3.8) is 0 Å². The van der Waals surface area contributed by atoms with Crippen molar-refractivity contribution < 1.29 is 4.79 Å². The topological polar surface area (TPSA) is 45.2 Å². The van der Waals surface area contributed by atoms with Crippen LogP contribution in [0.2, 0.25) is 0 Å². The van der Waals surface area contributed by atoms with Crippen LogP contribution in [0, 0.1) is 0 Å². The Morgan fingerprint density at radius 1 is 1.69 bits per heavy atom. The van der Waals surface area contributed by atoms with E-state index in [1.807, 2.05) is 5.38 Å². The number of carbonyl (C=O) groups excluding carboxylic acids is 1. The van der Waals surface area contributed by atoms with Crippen molar-refractivity contribution in [1.82, 2.24) is 10.3 Å². The second kappa shape index (κ2) is 3.63. The van der Waals surface area contributed by atoms with E-state index in [1.54, 1.807) is 4.90 Å². The smallest absolute Gasteiger partial charge is 0.323 e. The van der Waals surface area contributed by atoms with Gasteiger partial charge in [-0.3, -0.25) is 4.90 Å². The van der Waals surface area contributed by atoms with Gasteiger partial charge in [-0.1, -0.05) is 0 Å². The first-order chi connectivity index (χ1) is 6.27. The Kier molecular flexibility index (Phi) is 2.50. The van der Waals surface area contributed by atoms with Crippen LogP contribution in [0.25, 0.3) is 0 Å². The van der Waals surface area contributed by atoms with E-state index in [1.165, 1.54) is 11.3 Å². The largest absolute Gasteiger partial charge is 0.338 e. The molecule has 1 aromatic rings. The fourth-order valence-corrected chi connectivity index (χ4v) is 2.45. The van der Waals surface area contributed by atoms with E-state index in [4.69, 9.17) is 0 Å². The van der Waals surface area contributed by atoms with Gasteiger partial charge < -0.3 is 5.32 Å². The molecule has 2 amide bonds. The fraction of sp³-hybridized carbons (Fsp3) is 0.429. The number of nitrogens with zero attached hydrogens (tertiary/aromatic N) is 2. The first-order valence-corrected chi connectivity index (χ1v) is 5.61. The third-order valence-electron chi connectivity index (χ3n) is 1.77. The molecule has 1 fully saturated rings. The summed E-state index contributed by atoms with van der Waals surface area (Å²) in [4.78, 5) is 17.2. The van der Waals surface area contributed by atoms with Gasteiger partial charge in [-0.05, 0) is 22.4 Å². The van der Waals surface area contributed by atoms with Crippen LogP contribution in [-0.4, -0.2) is 24.1 Å². The van der Waals surface area contributed by atoms with Crippen LogP contribution in [0.4, 0.5) is 9.93 Å². The Bertz CT molecular complexity index is 327. The van der Waals surface area contributed by atoms with Crippen molar-refractivity contribution in [2.75, 3.05) is 18.0 Å². The van der Waals surface area contributed by atoms with Gasteiger partial charge in [-0.25, -0.2) is 9.78 Å². The highest BCUT2D eigenvalue weighted by Gasteiger charge is 2.21. The number of carbonyl (C=O) groups is 1. The molecule has 0 bridgehead atoms. The summed E-state index contributed by atoms with van der Waals surface area (Å²) in [5.74, 6) is 0. The Hall–Kier alpha value is -0.620. The summed E-state index contributed by atoms with van der Waals surface area (Å²) in [7, 11) is 0. The highest BCUT2D eigenvalue weighted by atomic mass is 79.9. The first kappa shape index (κ1) is 8.96. The van der Waals surface area contributed by atoms with Crippen LogP contribution in [0.3, 0.4) is 0 Å². The number of aromatic nitrogens is 1. The number of urea groups is 1. The zero-order chi connectivity index (χ0) is 9.26. The molecule has 0 radical (unpaired) electrons. The molecule has 1 aliphatic heterocycles. The fourth-order valence-electron chi connectivity index (χ4n) is 1.18. The van der Waals surface area contributed by atoms with E-state index < -0.39 is 0 Å². The minimum atomic E-state index is -0.0481. The summed E-state index contributed by atoms with van der Waals surface area (Å²) in [5.41, 5.74) is 0. The average molecular weight is 262 g/mol. The maximum atomic E-state index is 11.4. The molecular formula is C7H8BrN3OS. The number of thiazole rings is 1. The van der Waals surface area contributed by atoms with Gasteiger partial charge >= 0.3 is 6.03 Å². The summed E-state index contributed by atoms with van der Waals surface area (Å²) >= 11 is 4.73. The quantitative estimate of drug-likeness (QED) is 0.839. The second-order valence-corrected chi connectivity index (χ2v) is 4.34. The van der Waals surface area contributed by atoms with Gasteiger partial charge in [-0.2, -0.15) is 0 Å². The van der Waals surface area contributed by atoms with Crippen LogP contribution in [0.15, 0.2) is 9.98 Å². The standard InChI is InChI=1S/C7H8BrN3OS/c8-5-4-13-7(10-5)11-3-1-2-9-6(11)12/h4H,1-3H2,(H,9,12). The van der Waals surface area contributed by atoms with Crippen molar-refractivity contribution in [3.8, 4) is 0 Å². The Balaban J connectivity index is 2.19. The lowest BCUT2D eigenvalue weighted by Crippen LogP contribution is -2.46. The van der Waals surface area contributed by atoms with Gasteiger partial charge in [0.05, 0.1) is 0 Å². The molecule has 0 saturated carbocycles. The molecule has 2 heterocycles. The second-order valence-electron chi connectivity index (χ2n) is 2.69. The molecule has 4 nitrogen and oxygen atoms in total. The predicted octanol–water partition coefficient (Wildman–Crippen LogP) is 1.83. The van der Waals surface area contributed by atoms with E-state index in [9.17, 15) is 4.79 Å². The van der Waals surface area contributed by atoms with Gasteiger partial charge in [0.1, 0.15) is 4.60 Å². The summed E-state index contributed by atoms with van der Waals surface area (Å²) in [6.07, 6.45) is 0.975. The molecule has 0 aliphatic carbocycles. The van der Waals surface area contributed by atoms with E-state index in [0.29, 0.717) is 0 Å². The molecule has 1 N–H and O–H groups in total. The minimum absolute atomic E-state index is 0.0481. The van der Waals surface area contributed by atoms with Crippen molar-refractivity contribution in [2.24, 2.45) is 0 Å². The average Bonchev–Trinajstić information content (AvgIpc) is 2.53. The summed E-state index contributed by atoms with van der Waals surface area (Å²) < 4.78 is 0.783. The van der Waals surface area contributed by atoms with Crippen LogP contribution >= 0.6 is 27.3 Å². The number of nitrogens with one attached hydrogen (secondary N) is 1. The lowest BCUT2D eigenvalue weighted by molar-refractivity contribution is 0.243. The third-order valence-corrected chi connectivity index (χ3v) is 3.35. The molecule has 2 rings (SSSR count). The number of amides is 2. The zero-order valence-electron chi connectivity index (χ0n) is 6.79. The summed E-state index contributed by atoms with van der Waals surface area (Å²) in [6.45, 7) is 1.52. The van der Waals surface area contributed by atoms with Crippen molar-refractivity contribution in [3.05, 3.63) is 9.98 Å². The summed E-state index contributed by atoms with van der Waals surface area (Å²) in [5, 5.41) is 5.40. The normalized spacial score (nSPS) is 17.3. The molecule has 0 spiro atoms. The molecule has 1 saturated heterocycles. The van der Waals surface area contributed by atoms with Crippen LogP contribution in [0.1, 0.15) is 6.42 Å². The van der Waals surface area contributed by atoms with Crippen molar-refractivity contribution in [2.45, 2.75) is 6.42 Å². The molecule has 0 atom stereocenters. The zero-order valence-corrected chi connectivity index (χ0v) is 9.19. The number of anilines is 1. The third kappa shape index (κ3) is 1.83. The lowest BCUT2D eigenvalue weighted by Gasteiger charge is -2.24. The Morgan fingerprint density at radius 2 is 2.54 bits per heavy atom. The van der Waals surface area contributed by atoms with Crippen molar-refractivity contribution in [1.29, 1.82) is 0 Å². The molecule has 70 valence electrons. The van der Waals surface area contributed by atoms with Gasteiger partial charge in [0.25, 0.3) is 0 Å². The SMILES string of the molecule is O=C1NCCCN1c1nc(Br)cs1. The van der Waals surface area contributed by atoms with Crippen LogP contribution in [0.5, 0.6) is 0 Å². The summed E-state index contributed by atoms with van der Waals surface area (Å²) in [6, 6.07) is -0.0481. The van der Waals surface area contributed by atoms with E-state index in [-0.39, 0.29) is 6.03 Å². The molecular weight excluding hydrogens is 254 g/mol. The van der Waals surface area contributed by atoms with Gasteiger partial charge in [0.2, 0.25) is 0 Å². The number of halogens is 1. The number of rotatable bonds is 1. The van der Waals surface area contributed by atoms with Crippen LogP contribution in [-0.2, 0) is 0 Å². The molecule has 0 aromatic carbocycles. The molecule has 6 heteroatoms. The van der Waals surface area contributed by atoms with Gasteiger partial charge in [-0.15, -0.1) is 11.3 Å². The molecule has 13 heavy (non-hydrogen) atoms. The Morgan fingerprint density at radius 3 is 3.15 bits per heavy atom. The van der Waals surface area contributed by atoms with E-state index in [2.05, 4.69) is 26.2 Å². The minimum Gasteiger partial charge on any atom is -0.338 e. The van der Waals surface area contributed by atoms with Gasteiger partial charge in [0, 0.05) is 18.5 Å². The molecule has 1 aromatic heterocycles. The van der Waals surface area contributed by atoms with E-state index in [0.717, 1.165) is 29.2 Å². The monoisotopic (exact) mass is 261 g/mol. The number of hydrogen-bond acceptors (Lipinski definition) is 3. The predicted molar refractivity (Wildman–Crippen MR) is 55.2 cm³/mol. The molecule has 1 aliphatic rings. The maximum absolute atomic E-state index is 11.4. The van der Waals surface area contributed by atoms with Gasteiger partial charge in [0.15, 0.2) is 5.13 Å². The lowest BCUT2D eigenvalue weighted by atomic mass is 10.3. The van der Waals surface area contributed by atoms with E-state index >= 15 is 0 Å². The van der Waals surface area contributed by atoms with Crippen molar-refractivity contribution >= 4 is 38.4 Å². The number of hydrogen-bond donors (Lipinski definition) is 1. The highest BCUT2D eigenvalue weighted by molar-refractivity contribution is 9.10. The van der Waals surface area contributed by atoms with Crippen LogP contribution < -0.4 is 10.2 Å². The Labute approximate surface area is 88.1 Å². The maximum Gasteiger partial charge on any atom is 0.323 e. The first-order valence-electron chi connectivity index (χ1n) is 3.94. The highest BCUT2D eigenvalue weighted by Crippen LogP contribution is 2.24.